The summed E-state index contributed by atoms with van der Waals surface area (Å²) in [5.74, 6) is 7.11. The Bertz CT molecular complexity index is 901. The van der Waals surface area contributed by atoms with Gasteiger partial charge in [0.2, 0.25) is 11.8 Å². The molecule has 1 fully saturated rings. The number of pyridine rings is 1. The molecule has 3 atom stereocenters. The van der Waals surface area contributed by atoms with Gasteiger partial charge in [-0.25, -0.2) is 4.98 Å². The lowest BCUT2D eigenvalue weighted by Gasteiger charge is -2.37. The predicted molar refractivity (Wildman–Crippen MR) is 127 cm³/mol. The zero-order chi connectivity index (χ0) is 24.0. The molecule has 0 bridgehead atoms. The number of fused-ring (bicyclic) bond motifs is 1. The van der Waals surface area contributed by atoms with Gasteiger partial charge in [0.05, 0.1) is 19.2 Å². The van der Waals surface area contributed by atoms with Crippen LogP contribution in [0, 0.1) is 23.7 Å². The van der Waals surface area contributed by atoms with Gasteiger partial charge in [-0.1, -0.05) is 38.5 Å². The minimum Gasteiger partial charge on any atom is -0.472 e. The molecule has 2 aliphatic rings. The lowest BCUT2D eigenvalue weighted by atomic mass is 9.99. The van der Waals surface area contributed by atoms with Crippen molar-refractivity contribution in [2.24, 2.45) is 11.8 Å². The van der Waals surface area contributed by atoms with Gasteiger partial charge in [-0.3, -0.25) is 9.59 Å². The average molecular weight is 456 g/mol. The molecule has 0 spiro atoms. The number of carbonyl (C=O) groups excluding carboxylic acids is 2. The Hall–Kier alpha value is -2.59. The molecule has 7 heteroatoms. The van der Waals surface area contributed by atoms with Crippen LogP contribution in [-0.2, 0) is 4.79 Å². The number of aliphatic hydroxyl groups is 1. The Morgan fingerprint density at radius 2 is 2.12 bits per heavy atom. The first-order valence-electron chi connectivity index (χ1n) is 12.1. The van der Waals surface area contributed by atoms with Gasteiger partial charge in [0.15, 0.2) is 0 Å². The maximum absolute atomic E-state index is 13.4. The van der Waals surface area contributed by atoms with Gasteiger partial charge in [0.25, 0.3) is 5.91 Å². The second kappa shape index (κ2) is 11.5. The lowest BCUT2D eigenvalue weighted by molar-refractivity contribution is -0.131. The van der Waals surface area contributed by atoms with Crippen molar-refractivity contribution >= 4 is 11.8 Å². The van der Waals surface area contributed by atoms with E-state index in [-0.39, 0.29) is 42.4 Å². The summed E-state index contributed by atoms with van der Waals surface area (Å²) in [6.45, 7) is 6.32. The van der Waals surface area contributed by atoms with Crippen LogP contribution in [-0.4, -0.2) is 70.6 Å². The molecule has 1 aliphatic carbocycles. The first-order valence-corrected chi connectivity index (χ1v) is 12.1. The van der Waals surface area contributed by atoms with E-state index < -0.39 is 0 Å². The number of nitrogens with zero attached hydrogens (tertiary/aromatic N) is 3. The summed E-state index contributed by atoms with van der Waals surface area (Å²) in [5.41, 5.74) is 1.04. The number of amides is 2. The Morgan fingerprint density at radius 1 is 1.39 bits per heavy atom. The zero-order valence-electron chi connectivity index (χ0n) is 20.3. The SMILES string of the molecule is CCC(=O)N(C)C[C@@H]1Oc2ncc(C#CCC3CCCC3)cc2C(=O)N([C@@H](C)CO)C[C@H]1C. The molecule has 2 amide bonds. The quantitative estimate of drug-likeness (QED) is 0.667. The van der Waals surface area contributed by atoms with Gasteiger partial charge >= 0.3 is 0 Å². The van der Waals surface area contributed by atoms with Gasteiger partial charge in [-0.2, -0.15) is 0 Å². The normalized spacial score (nSPS) is 21.8. The van der Waals surface area contributed by atoms with Crippen molar-refractivity contribution in [1.82, 2.24) is 14.8 Å². The Labute approximate surface area is 197 Å². The second-order valence-electron chi connectivity index (χ2n) is 9.48. The summed E-state index contributed by atoms with van der Waals surface area (Å²) in [7, 11) is 1.76. The minimum absolute atomic E-state index is 0.0329. The van der Waals surface area contributed by atoms with Crippen LogP contribution in [0.3, 0.4) is 0 Å². The summed E-state index contributed by atoms with van der Waals surface area (Å²) >= 11 is 0. The van der Waals surface area contributed by atoms with E-state index in [4.69, 9.17) is 4.74 Å². The molecule has 0 unspecified atom stereocenters. The summed E-state index contributed by atoms with van der Waals surface area (Å²) in [5, 5.41) is 9.78. The number of aliphatic hydroxyl groups excluding tert-OH is 1. The molecule has 1 aromatic heterocycles. The van der Waals surface area contributed by atoms with Crippen LogP contribution in [0.4, 0.5) is 0 Å². The van der Waals surface area contributed by atoms with Crippen LogP contribution in [0.25, 0.3) is 0 Å². The van der Waals surface area contributed by atoms with E-state index in [0.29, 0.717) is 36.6 Å². The summed E-state index contributed by atoms with van der Waals surface area (Å²) in [4.78, 5) is 33.4. The molecule has 0 aromatic carbocycles. The predicted octanol–water partition coefficient (Wildman–Crippen LogP) is 3.10. The number of aromatic nitrogens is 1. The number of carbonyl (C=O) groups is 2. The van der Waals surface area contributed by atoms with Crippen LogP contribution < -0.4 is 4.74 Å². The first kappa shape index (κ1) is 25.0. The van der Waals surface area contributed by atoms with Crippen LogP contribution in [0.2, 0.25) is 0 Å². The molecular weight excluding hydrogens is 418 g/mol. The Balaban J connectivity index is 1.90. The highest BCUT2D eigenvalue weighted by molar-refractivity contribution is 5.97. The van der Waals surface area contributed by atoms with E-state index in [9.17, 15) is 14.7 Å². The molecule has 1 aliphatic heterocycles. The van der Waals surface area contributed by atoms with E-state index >= 15 is 0 Å². The Kier molecular flexibility index (Phi) is 8.74. The summed E-state index contributed by atoms with van der Waals surface area (Å²) in [6.07, 6.45) is 7.66. The van der Waals surface area contributed by atoms with E-state index in [1.807, 2.05) is 20.8 Å². The van der Waals surface area contributed by atoms with Crippen molar-refractivity contribution < 1.29 is 19.4 Å². The number of hydrogen-bond donors (Lipinski definition) is 1. The van der Waals surface area contributed by atoms with Crippen molar-refractivity contribution in [1.29, 1.82) is 0 Å². The molecule has 0 saturated heterocycles. The van der Waals surface area contributed by atoms with Gasteiger partial charge < -0.3 is 19.6 Å². The molecule has 1 N–H and O–H groups in total. The molecule has 3 rings (SSSR count). The van der Waals surface area contributed by atoms with Gasteiger partial charge in [0, 0.05) is 44.1 Å². The van der Waals surface area contributed by atoms with Crippen LogP contribution in [0.1, 0.15) is 75.2 Å². The highest BCUT2D eigenvalue weighted by Gasteiger charge is 2.34. The monoisotopic (exact) mass is 455 g/mol. The number of likely N-dealkylation sites (N-methyl/N-ethyl adjacent to an activating group) is 1. The first-order chi connectivity index (χ1) is 15.8. The number of ether oxygens (including phenoxy) is 1. The maximum Gasteiger partial charge on any atom is 0.259 e. The van der Waals surface area contributed by atoms with Crippen LogP contribution in [0.15, 0.2) is 12.3 Å². The average Bonchev–Trinajstić information content (AvgIpc) is 3.34. The zero-order valence-corrected chi connectivity index (χ0v) is 20.3. The van der Waals surface area contributed by atoms with Crippen molar-refractivity contribution in [3.8, 4) is 17.7 Å². The molecule has 1 saturated carbocycles. The van der Waals surface area contributed by atoms with Crippen molar-refractivity contribution in [2.45, 2.75) is 71.4 Å². The van der Waals surface area contributed by atoms with Crippen molar-refractivity contribution in [3.63, 3.8) is 0 Å². The fourth-order valence-electron chi connectivity index (χ4n) is 4.54. The third-order valence-corrected chi connectivity index (χ3v) is 6.80. The van der Waals surface area contributed by atoms with Crippen LogP contribution in [0.5, 0.6) is 5.88 Å². The van der Waals surface area contributed by atoms with Gasteiger partial charge in [0.1, 0.15) is 11.7 Å². The number of rotatable bonds is 6. The van der Waals surface area contributed by atoms with E-state index in [0.717, 1.165) is 6.42 Å². The standard InChI is InChI=1S/C26H37N3O4/c1-5-24(31)28(4)16-23-18(2)15-29(19(3)17-30)26(32)22-13-21(14-27-25(22)33-23)12-8-11-20-9-6-7-10-20/h13-14,18-20,23,30H,5-7,9-11,15-17H2,1-4H3/t18-,19+,23+/m1/s1. The third kappa shape index (κ3) is 6.26. The highest BCUT2D eigenvalue weighted by Crippen LogP contribution is 2.28. The van der Waals surface area contributed by atoms with Gasteiger partial charge in [-0.15, -0.1) is 0 Å². The lowest BCUT2D eigenvalue weighted by Crippen LogP contribution is -2.50. The molecule has 2 heterocycles. The topological polar surface area (TPSA) is 83.0 Å². The van der Waals surface area contributed by atoms with Gasteiger partial charge in [-0.05, 0) is 31.7 Å². The van der Waals surface area contributed by atoms with Crippen molar-refractivity contribution in [3.05, 3.63) is 23.4 Å². The fourth-order valence-corrected chi connectivity index (χ4v) is 4.54. The molecule has 180 valence electrons. The van der Waals surface area contributed by atoms with E-state index in [1.54, 1.807) is 29.1 Å². The van der Waals surface area contributed by atoms with E-state index in [2.05, 4.69) is 16.8 Å². The second-order valence-corrected chi connectivity index (χ2v) is 9.48. The molecule has 0 radical (unpaired) electrons. The molecule has 33 heavy (non-hydrogen) atoms. The molecule has 1 aromatic rings. The number of hydrogen-bond acceptors (Lipinski definition) is 5. The third-order valence-electron chi connectivity index (χ3n) is 6.80. The van der Waals surface area contributed by atoms with Crippen molar-refractivity contribution in [2.75, 3.05) is 26.7 Å². The van der Waals surface area contributed by atoms with Crippen LogP contribution >= 0.6 is 0 Å². The smallest absolute Gasteiger partial charge is 0.259 e. The summed E-state index contributed by atoms with van der Waals surface area (Å²) < 4.78 is 6.22. The highest BCUT2D eigenvalue weighted by atomic mass is 16.5. The molecular formula is C26H37N3O4. The maximum atomic E-state index is 13.4. The molecule has 7 nitrogen and oxygen atoms in total. The fraction of sp³-hybridized carbons (Fsp3) is 0.654. The Morgan fingerprint density at radius 3 is 2.79 bits per heavy atom. The minimum atomic E-state index is -0.348. The summed E-state index contributed by atoms with van der Waals surface area (Å²) in [6, 6.07) is 1.40. The van der Waals surface area contributed by atoms with E-state index in [1.165, 1.54) is 25.7 Å². The largest absolute Gasteiger partial charge is 0.472 e.